The molecule has 150 valence electrons. The zero-order valence-electron chi connectivity index (χ0n) is 15.9. The fourth-order valence-electron chi connectivity index (χ4n) is 2.67. The molecule has 0 bridgehead atoms. The molecule has 0 fully saturated rings. The van der Waals surface area contributed by atoms with Crippen LogP contribution in [0.15, 0.2) is 53.5 Å². The van der Waals surface area contributed by atoms with Crippen molar-refractivity contribution in [3.05, 3.63) is 69.0 Å². The zero-order valence-corrected chi connectivity index (χ0v) is 17.5. The highest BCUT2D eigenvalue weighted by molar-refractivity contribution is 7.98. The van der Waals surface area contributed by atoms with Gasteiger partial charge in [-0.1, -0.05) is 11.3 Å². The van der Waals surface area contributed by atoms with E-state index in [0.29, 0.717) is 10.4 Å². The number of methoxy groups -OCH3 is 1. The van der Waals surface area contributed by atoms with Gasteiger partial charge in [-0.3, -0.25) is 14.9 Å². The number of fused-ring (bicyclic) bond motifs is 1. The molecule has 0 unspecified atom stereocenters. The first-order valence-corrected chi connectivity index (χ1v) is 10.9. The van der Waals surface area contributed by atoms with Gasteiger partial charge in [0.2, 0.25) is 0 Å². The van der Waals surface area contributed by atoms with Crippen molar-refractivity contribution in [3.63, 3.8) is 0 Å². The highest BCUT2D eigenvalue weighted by Crippen LogP contribution is 2.23. The Bertz CT molecular complexity index is 1130. The van der Waals surface area contributed by atoms with Crippen molar-refractivity contribution in [3.8, 4) is 5.75 Å². The highest BCUT2D eigenvalue weighted by Gasteiger charge is 2.08. The van der Waals surface area contributed by atoms with E-state index in [2.05, 4.69) is 4.99 Å². The molecular formula is C20H19N3O4S2. The van der Waals surface area contributed by atoms with E-state index < -0.39 is 4.92 Å². The quantitative estimate of drug-likeness (QED) is 0.320. The minimum Gasteiger partial charge on any atom is -0.497 e. The van der Waals surface area contributed by atoms with Crippen LogP contribution in [-0.2, 0) is 11.3 Å². The SMILES string of the molecule is COc1ccc2c(c1)sc(=NC(=O)/C=C/c1ccc([N+](=O)[O-])cc1)n2CCSC. The Kier molecular flexibility index (Phi) is 6.84. The normalized spacial score (nSPS) is 12.0. The maximum Gasteiger partial charge on any atom is 0.272 e. The zero-order chi connectivity index (χ0) is 20.8. The fourth-order valence-corrected chi connectivity index (χ4v) is 4.13. The molecule has 0 radical (unpaired) electrons. The van der Waals surface area contributed by atoms with Crippen LogP contribution in [0.3, 0.4) is 0 Å². The van der Waals surface area contributed by atoms with Crippen molar-refractivity contribution < 1.29 is 14.5 Å². The number of aromatic nitrogens is 1. The lowest BCUT2D eigenvalue weighted by Crippen LogP contribution is -2.17. The van der Waals surface area contributed by atoms with Gasteiger partial charge in [0.25, 0.3) is 11.6 Å². The minimum absolute atomic E-state index is 0.00806. The van der Waals surface area contributed by atoms with Gasteiger partial charge < -0.3 is 9.30 Å². The van der Waals surface area contributed by atoms with Gasteiger partial charge in [-0.05, 0) is 48.2 Å². The number of benzene rings is 2. The number of thiazole rings is 1. The molecule has 1 aromatic heterocycles. The topological polar surface area (TPSA) is 86.7 Å². The summed E-state index contributed by atoms with van der Waals surface area (Å²) in [5, 5.41) is 10.7. The third-order valence-electron chi connectivity index (χ3n) is 4.14. The van der Waals surface area contributed by atoms with Gasteiger partial charge in [0.05, 0.1) is 22.2 Å². The van der Waals surface area contributed by atoms with Crippen molar-refractivity contribution in [1.29, 1.82) is 0 Å². The summed E-state index contributed by atoms with van der Waals surface area (Å²) in [7, 11) is 1.62. The van der Waals surface area contributed by atoms with Crippen LogP contribution in [0, 0.1) is 10.1 Å². The summed E-state index contributed by atoms with van der Waals surface area (Å²) < 4.78 is 8.32. The van der Waals surface area contributed by atoms with Crippen LogP contribution in [0.1, 0.15) is 5.56 Å². The second-order valence-corrected chi connectivity index (χ2v) is 7.99. The van der Waals surface area contributed by atoms with E-state index in [-0.39, 0.29) is 11.6 Å². The van der Waals surface area contributed by atoms with Gasteiger partial charge >= 0.3 is 0 Å². The van der Waals surface area contributed by atoms with Crippen LogP contribution in [-0.4, -0.2) is 34.5 Å². The van der Waals surface area contributed by atoms with E-state index in [1.807, 2.05) is 29.0 Å². The molecule has 29 heavy (non-hydrogen) atoms. The van der Waals surface area contributed by atoms with E-state index in [9.17, 15) is 14.9 Å². The number of nitro benzene ring substituents is 1. The Hall–Kier alpha value is -2.91. The molecule has 0 spiro atoms. The first-order chi connectivity index (χ1) is 14.0. The number of nitro groups is 1. The van der Waals surface area contributed by atoms with Crippen LogP contribution in [0.25, 0.3) is 16.3 Å². The Morgan fingerprint density at radius 2 is 2.07 bits per heavy atom. The van der Waals surface area contributed by atoms with Crippen molar-refractivity contribution in [1.82, 2.24) is 4.57 Å². The number of aryl methyl sites for hydroxylation is 1. The monoisotopic (exact) mass is 429 g/mol. The van der Waals surface area contributed by atoms with Crippen molar-refractivity contribution in [2.45, 2.75) is 6.54 Å². The molecule has 9 heteroatoms. The minimum atomic E-state index is -0.461. The van der Waals surface area contributed by atoms with E-state index in [0.717, 1.165) is 28.3 Å². The molecule has 1 heterocycles. The molecule has 1 amide bonds. The first-order valence-electron chi connectivity index (χ1n) is 8.69. The predicted octanol–water partition coefficient (Wildman–Crippen LogP) is 4.12. The third-order valence-corrected chi connectivity index (χ3v) is 5.77. The molecule has 0 aliphatic rings. The Balaban J connectivity index is 1.90. The number of hydrogen-bond acceptors (Lipinski definition) is 6. The van der Waals surface area contributed by atoms with Crippen LogP contribution >= 0.6 is 23.1 Å². The number of non-ortho nitro benzene ring substituents is 1. The van der Waals surface area contributed by atoms with E-state index in [1.54, 1.807) is 37.1 Å². The Labute approximate surface area is 175 Å². The molecule has 2 aromatic carbocycles. The molecule has 3 aromatic rings. The average Bonchev–Trinajstić information content (AvgIpc) is 3.06. The number of carbonyl (C=O) groups is 1. The Morgan fingerprint density at radius 3 is 2.72 bits per heavy atom. The third kappa shape index (κ3) is 5.12. The molecule has 0 saturated heterocycles. The number of rotatable bonds is 7. The molecule has 0 saturated carbocycles. The van der Waals surface area contributed by atoms with E-state index >= 15 is 0 Å². The Morgan fingerprint density at radius 1 is 1.31 bits per heavy atom. The molecule has 0 aliphatic heterocycles. The highest BCUT2D eigenvalue weighted by atomic mass is 32.2. The molecular weight excluding hydrogens is 410 g/mol. The van der Waals surface area contributed by atoms with E-state index in [4.69, 9.17) is 4.74 Å². The van der Waals surface area contributed by atoms with Gasteiger partial charge in [0.15, 0.2) is 4.80 Å². The fraction of sp³-hybridized carbons (Fsp3) is 0.200. The smallest absolute Gasteiger partial charge is 0.272 e. The average molecular weight is 430 g/mol. The largest absolute Gasteiger partial charge is 0.497 e. The summed E-state index contributed by atoms with van der Waals surface area (Å²) in [6, 6.07) is 11.8. The molecule has 3 rings (SSSR count). The number of amides is 1. The van der Waals surface area contributed by atoms with E-state index in [1.165, 1.54) is 29.5 Å². The van der Waals surface area contributed by atoms with Crippen molar-refractivity contribution in [2.75, 3.05) is 19.1 Å². The summed E-state index contributed by atoms with van der Waals surface area (Å²) in [4.78, 5) is 27.5. The predicted molar refractivity (Wildman–Crippen MR) is 117 cm³/mol. The van der Waals surface area contributed by atoms with Gasteiger partial charge in [-0.25, -0.2) is 0 Å². The number of nitrogens with zero attached hydrogens (tertiary/aromatic N) is 3. The standard InChI is InChI=1S/C20H19N3O4S2/c1-27-16-8-9-17-18(13-16)29-20(22(17)11-12-28-2)21-19(24)10-5-14-3-6-15(7-4-14)23(25)26/h3-10,13H,11-12H2,1-2H3/b10-5+,21-20?. The summed E-state index contributed by atoms with van der Waals surface area (Å²) in [6.45, 7) is 0.742. The first kappa shape index (κ1) is 20.8. The van der Waals surface area contributed by atoms with Gasteiger partial charge in [-0.15, -0.1) is 0 Å². The van der Waals surface area contributed by atoms with Crippen LogP contribution in [0.4, 0.5) is 5.69 Å². The maximum atomic E-state index is 12.4. The maximum absolute atomic E-state index is 12.4. The second kappa shape index (κ2) is 9.53. The van der Waals surface area contributed by atoms with Crippen LogP contribution < -0.4 is 9.54 Å². The number of hydrogen-bond donors (Lipinski definition) is 0. The summed E-state index contributed by atoms with van der Waals surface area (Å²) >= 11 is 3.16. The van der Waals surface area contributed by atoms with Gasteiger partial charge in [0.1, 0.15) is 5.75 Å². The summed E-state index contributed by atoms with van der Waals surface area (Å²) in [5.74, 6) is 1.27. The van der Waals surface area contributed by atoms with Crippen molar-refractivity contribution in [2.24, 2.45) is 4.99 Å². The van der Waals surface area contributed by atoms with Crippen LogP contribution in [0.2, 0.25) is 0 Å². The number of ether oxygens (including phenoxy) is 1. The molecule has 0 N–H and O–H groups in total. The van der Waals surface area contributed by atoms with Crippen LogP contribution in [0.5, 0.6) is 5.75 Å². The number of thioether (sulfide) groups is 1. The summed E-state index contributed by atoms with van der Waals surface area (Å²) in [5.41, 5.74) is 1.71. The lowest BCUT2D eigenvalue weighted by molar-refractivity contribution is -0.384. The molecule has 0 atom stereocenters. The van der Waals surface area contributed by atoms with Gasteiger partial charge in [-0.2, -0.15) is 16.8 Å². The summed E-state index contributed by atoms with van der Waals surface area (Å²) in [6.07, 6.45) is 5.00. The van der Waals surface area contributed by atoms with Crippen molar-refractivity contribution >= 4 is 51.0 Å². The molecule has 0 aliphatic carbocycles. The second-order valence-electron chi connectivity index (χ2n) is 5.99. The lowest BCUT2D eigenvalue weighted by Gasteiger charge is -2.04. The number of carbonyl (C=O) groups excluding carboxylic acids is 1. The lowest BCUT2D eigenvalue weighted by atomic mass is 10.2. The van der Waals surface area contributed by atoms with Gasteiger partial charge in [0, 0.05) is 30.5 Å². The molecule has 7 nitrogen and oxygen atoms in total.